The number of rotatable bonds is 5. The fourth-order valence-corrected chi connectivity index (χ4v) is 3.40. The van der Waals surface area contributed by atoms with Crippen LogP contribution in [-0.2, 0) is 24.8 Å². The van der Waals surface area contributed by atoms with Crippen molar-refractivity contribution in [2.75, 3.05) is 26.2 Å². The molecule has 0 atom stereocenters. The van der Waals surface area contributed by atoms with Gasteiger partial charge in [-0.25, -0.2) is 4.98 Å². The molecule has 1 aliphatic heterocycles. The lowest BCUT2D eigenvalue weighted by molar-refractivity contribution is -0.131. The van der Waals surface area contributed by atoms with Gasteiger partial charge in [0.2, 0.25) is 5.91 Å². The van der Waals surface area contributed by atoms with E-state index in [1.807, 2.05) is 24.3 Å². The number of carbonyl (C=O) groups is 1. The molecular weight excluding hydrogens is 312 g/mol. The van der Waals surface area contributed by atoms with Crippen LogP contribution in [-0.4, -0.2) is 51.4 Å². The fraction of sp³-hybridized carbons (Fsp3) is 0.500. The Bertz CT molecular complexity index is 709. The van der Waals surface area contributed by atoms with Gasteiger partial charge in [-0.2, -0.15) is 0 Å². The lowest BCUT2D eigenvalue weighted by Crippen LogP contribution is -2.35. The van der Waals surface area contributed by atoms with Crippen molar-refractivity contribution in [3.63, 3.8) is 0 Å². The number of amides is 1. The SMILES string of the molecule is Cc1cccc(CCC(=O)N2CCCN(Cc3nccn3C)CC2)c1. The van der Waals surface area contributed by atoms with E-state index in [1.165, 1.54) is 11.1 Å². The molecule has 1 amide bonds. The molecule has 2 aromatic rings. The van der Waals surface area contributed by atoms with Crippen LogP contribution in [0.3, 0.4) is 0 Å². The Morgan fingerprint density at radius 2 is 2.08 bits per heavy atom. The van der Waals surface area contributed by atoms with Crippen molar-refractivity contribution in [2.45, 2.75) is 32.7 Å². The molecule has 1 aromatic heterocycles. The summed E-state index contributed by atoms with van der Waals surface area (Å²) in [6.45, 7) is 6.57. The molecule has 0 saturated carbocycles. The highest BCUT2D eigenvalue weighted by molar-refractivity contribution is 5.76. The molecule has 0 spiro atoms. The van der Waals surface area contributed by atoms with Gasteiger partial charge in [0.25, 0.3) is 0 Å². The second-order valence-corrected chi connectivity index (χ2v) is 6.95. The molecule has 25 heavy (non-hydrogen) atoms. The average molecular weight is 340 g/mol. The van der Waals surface area contributed by atoms with Gasteiger partial charge in [0.05, 0.1) is 6.54 Å². The maximum absolute atomic E-state index is 12.6. The third-order valence-corrected chi connectivity index (χ3v) is 4.94. The lowest BCUT2D eigenvalue weighted by Gasteiger charge is -2.22. The Morgan fingerprint density at radius 3 is 2.84 bits per heavy atom. The largest absolute Gasteiger partial charge is 0.341 e. The highest BCUT2D eigenvalue weighted by atomic mass is 16.2. The van der Waals surface area contributed by atoms with Crippen LogP contribution in [0.4, 0.5) is 0 Å². The van der Waals surface area contributed by atoms with Gasteiger partial charge in [-0.05, 0) is 25.3 Å². The van der Waals surface area contributed by atoms with Crippen LogP contribution < -0.4 is 0 Å². The highest BCUT2D eigenvalue weighted by Crippen LogP contribution is 2.11. The highest BCUT2D eigenvalue weighted by Gasteiger charge is 2.19. The summed E-state index contributed by atoms with van der Waals surface area (Å²) < 4.78 is 2.07. The van der Waals surface area contributed by atoms with Gasteiger partial charge in [-0.1, -0.05) is 29.8 Å². The van der Waals surface area contributed by atoms with Crippen LogP contribution in [0.25, 0.3) is 0 Å². The first-order chi connectivity index (χ1) is 12.1. The molecule has 5 heteroatoms. The zero-order valence-electron chi connectivity index (χ0n) is 15.3. The van der Waals surface area contributed by atoms with Gasteiger partial charge in [0.15, 0.2) is 0 Å². The number of nitrogens with zero attached hydrogens (tertiary/aromatic N) is 4. The summed E-state index contributed by atoms with van der Waals surface area (Å²) in [5, 5.41) is 0. The van der Waals surface area contributed by atoms with E-state index in [4.69, 9.17) is 0 Å². The molecule has 0 N–H and O–H groups in total. The normalized spacial score (nSPS) is 16.0. The maximum atomic E-state index is 12.6. The number of carbonyl (C=O) groups excluding carboxylic acids is 1. The van der Waals surface area contributed by atoms with E-state index in [9.17, 15) is 4.79 Å². The molecule has 134 valence electrons. The van der Waals surface area contributed by atoms with Crippen molar-refractivity contribution in [1.29, 1.82) is 0 Å². The molecule has 3 rings (SSSR count). The second-order valence-electron chi connectivity index (χ2n) is 6.95. The van der Waals surface area contributed by atoms with Crippen molar-refractivity contribution in [2.24, 2.45) is 7.05 Å². The molecule has 0 bridgehead atoms. The van der Waals surface area contributed by atoms with E-state index in [2.05, 4.69) is 45.6 Å². The van der Waals surface area contributed by atoms with E-state index in [0.29, 0.717) is 6.42 Å². The van der Waals surface area contributed by atoms with E-state index >= 15 is 0 Å². The topological polar surface area (TPSA) is 41.4 Å². The van der Waals surface area contributed by atoms with Gasteiger partial charge >= 0.3 is 0 Å². The molecular formula is C20H28N4O. The molecule has 0 unspecified atom stereocenters. The summed E-state index contributed by atoms with van der Waals surface area (Å²) in [5.41, 5.74) is 2.50. The number of hydrogen-bond acceptors (Lipinski definition) is 3. The first-order valence-electron chi connectivity index (χ1n) is 9.14. The van der Waals surface area contributed by atoms with Crippen molar-refractivity contribution in [3.05, 3.63) is 53.6 Å². The zero-order chi connectivity index (χ0) is 17.6. The van der Waals surface area contributed by atoms with Crippen LogP contribution in [0.2, 0.25) is 0 Å². The van der Waals surface area contributed by atoms with E-state index in [1.54, 1.807) is 0 Å². The number of aryl methyl sites for hydroxylation is 3. The first kappa shape index (κ1) is 17.7. The number of aromatic nitrogens is 2. The fourth-order valence-electron chi connectivity index (χ4n) is 3.40. The number of imidazole rings is 1. The minimum atomic E-state index is 0.278. The minimum Gasteiger partial charge on any atom is -0.341 e. The first-order valence-corrected chi connectivity index (χ1v) is 9.14. The van der Waals surface area contributed by atoms with Crippen LogP contribution in [0.5, 0.6) is 0 Å². The standard InChI is InChI=1S/C20H28N4O/c1-17-5-3-6-18(15-17)7-8-20(25)24-11-4-10-23(13-14-24)16-19-21-9-12-22(19)2/h3,5-6,9,12,15H,4,7-8,10-11,13-14,16H2,1-2H3. The number of hydrogen-bond donors (Lipinski definition) is 0. The van der Waals surface area contributed by atoms with Gasteiger partial charge in [0, 0.05) is 52.0 Å². The summed E-state index contributed by atoms with van der Waals surface area (Å²) in [6.07, 6.45) is 6.28. The summed E-state index contributed by atoms with van der Waals surface area (Å²) >= 11 is 0. The summed E-state index contributed by atoms with van der Waals surface area (Å²) in [4.78, 5) is 21.4. The predicted molar refractivity (Wildman–Crippen MR) is 99.2 cm³/mol. The quantitative estimate of drug-likeness (QED) is 0.839. The van der Waals surface area contributed by atoms with Crippen molar-refractivity contribution in [3.8, 4) is 0 Å². The molecule has 5 nitrogen and oxygen atoms in total. The smallest absolute Gasteiger partial charge is 0.222 e. The Balaban J connectivity index is 1.48. The molecule has 1 saturated heterocycles. The molecule has 0 aliphatic carbocycles. The van der Waals surface area contributed by atoms with Crippen LogP contribution >= 0.6 is 0 Å². The summed E-state index contributed by atoms with van der Waals surface area (Å²) in [5.74, 6) is 1.36. The van der Waals surface area contributed by atoms with E-state index in [-0.39, 0.29) is 5.91 Å². The van der Waals surface area contributed by atoms with Gasteiger partial charge in [-0.15, -0.1) is 0 Å². The second kappa shape index (κ2) is 8.30. The summed E-state index contributed by atoms with van der Waals surface area (Å²) in [6, 6.07) is 8.44. The Hall–Kier alpha value is -2.14. The van der Waals surface area contributed by atoms with Crippen molar-refractivity contribution < 1.29 is 4.79 Å². The predicted octanol–water partition coefficient (Wildman–Crippen LogP) is 2.40. The van der Waals surface area contributed by atoms with Crippen LogP contribution in [0.1, 0.15) is 29.8 Å². The van der Waals surface area contributed by atoms with Gasteiger partial charge in [0.1, 0.15) is 5.82 Å². The third-order valence-electron chi connectivity index (χ3n) is 4.94. The third kappa shape index (κ3) is 4.92. The lowest BCUT2D eigenvalue weighted by atomic mass is 10.1. The average Bonchev–Trinajstić information content (AvgIpc) is 2.85. The van der Waals surface area contributed by atoms with Crippen molar-refractivity contribution in [1.82, 2.24) is 19.4 Å². The Morgan fingerprint density at radius 1 is 1.20 bits per heavy atom. The Kier molecular flexibility index (Phi) is 5.87. The summed E-state index contributed by atoms with van der Waals surface area (Å²) in [7, 11) is 2.03. The van der Waals surface area contributed by atoms with E-state index < -0.39 is 0 Å². The zero-order valence-corrected chi connectivity index (χ0v) is 15.3. The molecule has 0 radical (unpaired) electrons. The van der Waals surface area contributed by atoms with Crippen molar-refractivity contribution >= 4 is 5.91 Å². The monoisotopic (exact) mass is 340 g/mol. The molecule has 1 aromatic carbocycles. The Labute approximate surface area is 150 Å². The maximum Gasteiger partial charge on any atom is 0.222 e. The molecule has 2 heterocycles. The van der Waals surface area contributed by atoms with Crippen LogP contribution in [0, 0.1) is 6.92 Å². The van der Waals surface area contributed by atoms with Crippen LogP contribution in [0.15, 0.2) is 36.7 Å². The molecule has 1 aliphatic rings. The van der Waals surface area contributed by atoms with Gasteiger partial charge < -0.3 is 9.47 Å². The van der Waals surface area contributed by atoms with Gasteiger partial charge in [-0.3, -0.25) is 9.69 Å². The minimum absolute atomic E-state index is 0.278. The number of benzene rings is 1. The molecule has 1 fully saturated rings. The van der Waals surface area contributed by atoms with E-state index in [0.717, 1.165) is 51.4 Å².